The second kappa shape index (κ2) is 5.82. The molecule has 0 heteroatoms. The van der Waals surface area contributed by atoms with Gasteiger partial charge in [0.2, 0.25) is 0 Å². The molecule has 0 unspecified atom stereocenters. The van der Waals surface area contributed by atoms with Crippen LogP contribution in [0.2, 0.25) is 0 Å². The average Bonchev–Trinajstić information content (AvgIpc) is 2.91. The number of hydrogen-bond acceptors (Lipinski definition) is 0. The van der Waals surface area contributed by atoms with Crippen molar-refractivity contribution in [2.45, 2.75) is 110 Å². The van der Waals surface area contributed by atoms with Gasteiger partial charge in [-0.15, -0.1) is 0 Å². The van der Waals surface area contributed by atoms with E-state index in [2.05, 4.69) is 96.9 Å². The molecule has 0 aliphatic heterocycles. The van der Waals surface area contributed by atoms with Gasteiger partial charge in [0, 0.05) is 0 Å². The van der Waals surface area contributed by atoms with E-state index in [-0.39, 0.29) is 0 Å². The Kier molecular flexibility index (Phi) is 5.82. The fourth-order valence-corrected chi connectivity index (χ4v) is 3.88. The summed E-state index contributed by atoms with van der Waals surface area (Å²) in [5.74, 6) is 0. The molecule has 0 nitrogen and oxygen atoms in total. The van der Waals surface area contributed by atoms with E-state index in [1.54, 1.807) is 0 Å². The Morgan fingerprint density at radius 3 is 0.682 bits per heavy atom. The maximum absolute atomic E-state index is 2.38. The minimum atomic E-state index is 0.375. The molecule has 0 spiro atoms. The van der Waals surface area contributed by atoms with Crippen molar-refractivity contribution in [3.05, 3.63) is 0 Å². The van der Waals surface area contributed by atoms with E-state index >= 15 is 0 Å². The van der Waals surface area contributed by atoms with Gasteiger partial charge in [-0.25, -0.2) is 0 Å². The smallest absolute Gasteiger partial charge is 0.0200 e. The minimum Gasteiger partial charge on any atom is -0.0596 e. The molecule has 1 aliphatic carbocycles. The Morgan fingerprint density at radius 2 is 0.682 bits per heavy atom. The van der Waals surface area contributed by atoms with Crippen LogP contribution in [0, 0.1) is 32.5 Å². The fourth-order valence-electron chi connectivity index (χ4n) is 3.88. The Bertz CT molecular complexity index is 293. The van der Waals surface area contributed by atoms with E-state index in [0.29, 0.717) is 32.5 Å². The van der Waals surface area contributed by atoms with Crippen molar-refractivity contribution in [1.29, 1.82) is 0 Å². The molecule has 0 amide bonds. The van der Waals surface area contributed by atoms with Gasteiger partial charge in [-0.1, -0.05) is 96.9 Å². The Hall–Kier alpha value is 0. The first-order chi connectivity index (χ1) is 9.21. The molecule has 0 bridgehead atoms. The van der Waals surface area contributed by atoms with Crippen molar-refractivity contribution >= 4 is 0 Å². The van der Waals surface area contributed by atoms with Crippen molar-refractivity contribution in [3.63, 3.8) is 0 Å². The highest BCUT2D eigenvalue weighted by Crippen LogP contribution is 2.67. The van der Waals surface area contributed by atoms with E-state index in [0.717, 1.165) is 0 Å². The standard InChI is InChI=1S/C11H22.C11H24/c1-9(2,3)11(7-8-11)10(4,5)6;1-9(2,3)11(7,8)10(4,5)6/h7-8H2,1-6H3;1-8H3. The van der Waals surface area contributed by atoms with Gasteiger partial charge in [0.1, 0.15) is 0 Å². The molecule has 0 saturated heterocycles. The van der Waals surface area contributed by atoms with Crippen LogP contribution in [0.15, 0.2) is 0 Å². The first-order valence-corrected chi connectivity index (χ1v) is 9.21. The van der Waals surface area contributed by atoms with E-state index in [1.807, 2.05) is 0 Å². The summed E-state index contributed by atoms with van der Waals surface area (Å²) in [6, 6.07) is 0. The lowest BCUT2D eigenvalue weighted by molar-refractivity contribution is 0.00575. The van der Waals surface area contributed by atoms with Gasteiger partial charge < -0.3 is 0 Å². The lowest BCUT2D eigenvalue weighted by atomic mass is 9.56. The summed E-state index contributed by atoms with van der Waals surface area (Å²) in [7, 11) is 0. The SMILES string of the molecule is CC(C)(C)C(C)(C)C(C)(C)C.CC(C)(C)C1(C(C)(C)C)CC1. The van der Waals surface area contributed by atoms with Crippen LogP contribution in [0.4, 0.5) is 0 Å². The minimum absolute atomic E-state index is 0.375. The van der Waals surface area contributed by atoms with E-state index < -0.39 is 0 Å². The monoisotopic (exact) mass is 310 g/mol. The molecule has 0 aromatic rings. The topological polar surface area (TPSA) is 0 Å². The Labute approximate surface area is 142 Å². The molecule has 22 heavy (non-hydrogen) atoms. The molecule has 0 N–H and O–H groups in total. The highest BCUT2D eigenvalue weighted by atomic mass is 14.6. The van der Waals surface area contributed by atoms with Crippen LogP contribution < -0.4 is 0 Å². The van der Waals surface area contributed by atoms with Gasteiger partial charge in [-0.3, -0.25) is 0 Å². The molecule has 0 radical (unpaired) electrons. The zero-order chi connectivity index (χ0) is 18.4. The summed E-state index contributed by atoms with van der Waals surface area (Å²) >= 11 is 0. The van der Waals surface area contributed by atoms with E-state index in [1.165, 1.54) is 12.8 Å². The number of rotatable bonds is 0. The normalized spacial score (nSPS) is 19.4. The molecule has 1 rings (SSSR count). The molecular formula is C22H46. The molecular weight excluding hydrogens is 264 g/mol. The molecule has 1 aliphatic rings. The van der Waals surface area contributed by atoms with Gasteiger partial charge in [-0.2, -0.15) is 0 Å². The molecule has 1 saturated carbocycles. The molecule has 0 aromatic heterocycles. The van der Waals surface area contributed by atoms with Gasteiger partial charge in [0.15, 0.2) is 0 Å². The summed E-state index contributed by atoms with van der Waals surface area (Å²) in [6.07, 6.45) is 2.86. The molecule has 0 atom stereocenters. The summed E-state index contributed by atoms with van der Waals surface area (Å²) in [5, 5.41) is 0. The van der Waals surface area contributed by atoms with Crippen molar-refractivity contribution < 1.29 is 0 Å². The first-order valence-electron chi connectivity index (χ1n) is 9.21. The van der Waals surface area contributed by atoms with Crippen LogP contribution in [0.5, 0.6) is 0 Å². The zero-order valence-electron chi connectivity index (χ0n) is 18.4. The Morgan fingerprint density at radius 1 is 0.455 bits per heavy atom. The summed E-state index contributed by atoms with van der Waals surface area (Å²) < 4.78 is 0. The third-order valence-electron chi connectivity index (χ3n) is 7.37. The lowest BCUT2D eigenvalue weighted by Gasteiger charge is -2.49. The quantitative estimate of drug-likeness (QED) is 0.425. The van der Waals surface area contributed by atoms with Gasteiger partial charge >= 0.3 is 0 Å². The second-order valence-corrected chi connectivity index (χ2v) is 12.2. The van der Waals surface area contributed by atoms with Crippen LogP contribution in [-0.4, -0.2) is 0 Å². The molecule has 1 fully saturated rings. The molecule has 0 aromatic carbocycles. The number of hydrogen-bond donors (Lipinski definition) is 0. The highest BCUT2D eigenvalue weighted by Gasteiger charge is 2.58. The van der Waals surface area contributed by atoms with Crippen LogP contribution >= 0.6 is 0 Å². The van der Waals surface area contributed by atoms with Crippen molar-refractivity contribution in [2.75, 3.05) is 0 Å². The van der Waals surface area contributed by atoms with Crippen molar-refractivity contribution in [1.82, 2.24) is 0 Å². The summed E-state index contributed by atoms with van der Waals surface area (Å²) in [5.41, 5.74) is 2.74. The van der Waals surface area contributed by atoms with Crippen LogP contribution in [0.3, 0.4) is 0 Å². The lowest BCUT2D eigenvalue weighted by Crippen LogP contribution is -2.41. The van der Waals surface area contributed by atoms with E-state index in [4.69, 9.17) is 0 Å². The van der Waals surface area contributed by atoms with Crippen LogP contribution in [-0.2, 0) is 0 Å². The summed E-state index contributed by atoms with van der Waals surface area (Å²) in [4.78, 5) is 0. The Balaban J connectivity index is 0.000000401. The van der Waals surface area contributed by atoms with E-state index in [9.17, 15) is 0 Å². The van der Waals surface area contributed by atoms with Crippen LogP contribution in [0.25, 0.3) is 0 Å². The van der Waals surface area contributed by atoms with Gasteiger partial charge in [-0.05, 0) is 45.3 Å². The largest absolute Gasteiger partial charge is 0.0596 e. The van der Waals surface area contributed by atoms with Crippen LogP contribution in [0.1, 0.15) is 110 Å². The maximum atomic E-state index is 2.38. The predicted molar refractivity (Wildman–Crippen MR) is 103 cm³/mol. The van der Waals surface area contributed by atoms with Gasteiger partial charge in [0.25, 0.3) is 0 Å². The first kappa shape index (κ1) is 22.0. The van der Waals surface area contributed by atoms with Crippen molar-refractivity contribution in [3.8, 4) is 0 Å². The van der Waals surface area contributed by atoms with Crippen molar-refractivity contribution in [2.24, 2.45) is 32.5 Å². The predicted octanol–water partition coefficient (Wildman–Crippen LogP) is 7.96. The average molecular weight is 311 g/mol. The third kappa shape index (κ3) is 4.30. The maximum Gasteiger partial charge on any atom is -0.0200 e. The van der Waals surface area contributed by atoms with Gasteiger partial charge in [0.05, 0.1) is 0 Å². The highest BCUT2D eigenvalue weighted by molar-refractivity contribution is 5.08. The zero-order valence-corrected chi connectivity index (χ0v) is 18.4. The molecule has 134 valence electrons. The summed E-state index contributed by atoms with van der Waals surface area (Å²) in [6.45, 7) is 32.9. The molecule has 0 heterocycles. The third-order valence-corrected chi connectivity index (χ3v) is 7.37. The second-order valence-electron chi connectivity index (χ2n) is 12.2. The fraction of sp³-hybridized carbons (Fsp3) is 1.00.